The third kappa shape index (κ3) is 3.29. The van der Waals surface area contributed by atoms with Crippen LogP contribution in [0, 0.1) is 6.92 Å². The van der Waals surface area contributed by atoms with Crippen LogP contribution in [0.4, 0.5) is 4.39 Å². The molecule has 0 bridgehead atoms. The summed E-state index contributed by atoms with van der Waals surface area (Å²) >= 11 is 0. The predicted octanol–water partition coefficient (Wildman–Crippen LogP) is 3.74. The smallest absolute Gasteiger partial charge is 0.202 e. The number of hydrogen-bond acceptors (Lipinski definition) is 2. The minimum absolute atomic E-state index is 0.0872. The molecule has 4 heteroatoms. The molecular formula is C15H13FO2S. The molecule has 19 heavy (non-hydrogen) atoms. The number of rotatable bonds is 3. The first-order valence-electron chi connectivity index (χ1n) is 5.73. The second kappa shape index (κ2) is 5.36. The van der Waals surface area contributed by atoms with Gasteiger partial charge in [0.2, 0.25) is 9.84 Å². The summed E-state index contributed by atoms with van der Waals surface area (Å²) in [5.41, 5.74) is 1.20. The first-order valence-corrected chi connectivity index (χ1v) is 7.28. The summed E-state index contributed by atoms with van der Waals surface area (Å²) in [6.07, 6.45) is 0. The maximum atomic E-state index is 13.9. The van der Waals surface area contributed by atoms with E-state index in [1.165, 1.54) is 24.3 Å². The first kappa shape index (κ1) is 13.5. The van der Waals surface area contributed by atoms with Crippen molar-refractivity contribution in [3.05, 3.63) is 71.1 Å². The summed E-state index contributed by atoms with van der Waals surface area (Å²) < 4.78 is 37.9. The van der Waals surface area contributed by atoms with Crippen LogP contribution >= 0.6 is 0 Å². The van der Waals surface area contributed by atoms with Gasteiger partial charge in [-0.2, -0.15) is 0 Å². The minimum Gasteiger partial charge on any atom is -0.219 e. The molecule has 0 radical (unpaired) electrons. The Bertz CT molecular complexity index is 687. The molecule has 2 nitrogen and oxygen atoms in total. The lowest BCUT2D eigenvalue weighted by Gasteiger charge is -2.01. The zero-order valence-corrected chi connectivity index (χ0v) is 11.2. The van der Waals surface area contributed by atoms with Crippen LogP contribution in [-0.4, -0.2) is 8.42 Å². The van der Waals surface area contributed by atoms with E-state index in [1.807, 2.05) is 6.92 Å². The van der Waals surface area contributed by atoms with Gasteiger partial charge in [0.15, 0.2) is 0 Å². The number of aryl methyl sites for hydroxylation is 1. The first-order chi connectivity index (χ1) is 8.99. The van der Waals surface area contributed by atoms with Crippen LogP contribution in [0.25, 0.3) is 5.83 Å². The van der Waals surface area contributed by atoms with Gasteiger partial charge in [-0.25, -0.2) is 12.8 Å². The highest BCUT2D eigenvalue weighted by Gasteiger charge is 2.13. The number of sulfone groups is 1. The average molecular weight is 276 g/mol. The van der Waals surface area contributed by atoms with Gasteiger partial charge in [0.05, 0.1) is 10.3 Å². The molecule has 0 aromatic heterocycles. The van der Waals surface area contributed by atoms with Crippen molar-refractivity contribution >= 4 is 15.7 Å². The Balaban J connectivity index is 2.39. The maximum Gasteiger partial charge on any atom is 0.202 e. The minimum atomic E-state index is -3.76. The Labute approximate surface area is 112 Å². The highest BCUT2D eigenvalue weighted by molar-refractivity contribution is 7.94. The lowest BCUT2D eigenvalue weighted by atomic mass is 10.2. The molecule has 0 heterocycles. The van der Waals surface area contributed by atoms with Crippen molar-refractivity contribution in [1.82, 2.24) is 0 Å². The maximum absolute atomic E-state index is 13.9. The molecule has 0 atom stereocenters. The second-order valence-corrected chi connectivity index (χ2v) is 5.99. The Morgan fingerprint density at radius 3 is 2.16 bits per heavy atom. The van der Waals surface area contributed by atoms with Crippen LogP contribution in [0.15, 0.2) is 64.9 Å². The van der Waals surface area contributed by atoms with Gasteiger partial charge in [0.1, 0.15) is 5.83 Å². The van der Waals surface area contributed by atoms with Gasteiger partial charge in [0, 0.05) is 5.56 Å². The van der Waals surface area contributed by atoms with E-state index in [0.717, 1.165) is 5.56 Å². The van der Waals surface area contributed by atoms with Crippen molar-refractivity contribution < 1.29 is 12.8 Å². The van der Waals surface area contributed by atoms with Crippen LogP contribution < -0.4 is 0 Å². The van der Waals surface area contributed by atoms with E-state index in [-0.39, 0.29) is 10.5 Å². The van der Waals surface area contributed by atoms with Crippen molar-refractivity contribution in [3.8, 4) is 0 Å². The van der Waals surface area contributed by atoms with E-state index in [4.69, 9.17) is 0 Å². The normalized spacial score (nSPS) is 12.4. The monoisotopic (exact) mass is 276 g/mol. The van der Waals surface area contributed by atoms with Crippen molar-refractivity contribution in [2.45, 2.75) is 11.8 Å². The topological polar surface area (TPSA) is 34.1 Å². The van der Waals surface area contributed by atoms with Crippen molar-refractivity contribution in [2.75, 3.05) is 0 Å². The summed E-state index contributed by atoms with van der Waals surface area (Å²) in [6, 6.07) is 14.4. The summed E-state index contributed by atoms with van der Waals surface area (Å²) in [6.45, 7) is 1.86. The van der Waals surface area contributed by atoms with Gasteiger partial charge in [-0.1, -0.05) is 48.0 Å². The molecule has 0 aliphatic carbocycles. The van der Waals surface area contributed by atoms with Crippen LogP contribution in [0.3, 0.4) is 0 Å². The van der Waals surface area contributed by atoms with Gasteiger partial charge < -0.3 is 0 Å². The molecule has 0 spiro atoms. The summed E-state index contributed by atoms with van der Waals surface area (Å²) in [5.74, 6) is -0.763. The molecule has 0 fully saturated rings. The fourth-order valence-electron chi connectivity index (χ4n) is 1.60. The molecule has 0 amide bonds. The van der Waals surface area contributed by atoms with Crippen molar-refractivity contribution in [2.24, 2.45) is 0 Å². The zero-order chi connectivity index (χ0) is 13.9. The van der Waals surface area contributed by atoms with Gasteiger partial charge in [-0.05, 0) is 19.1 Å². The number of hydrogen-bond donors (Lipinski definition) is 0. The van der Waals surface area contributed by atoms with E-state index in [2.05, 4.69) is 0 Å². The quantitative estimate of drug-likeness (QED) is 0.856. The largest absolute Gasteiger partial charge is 0.219 e. The molecule has 0 unspecified atom stereocenters. The third-order valence-corrected chi connectivity index (χ3v) is 4.10. The molecule has 0 saturated carbocycles. The molecular weight excluding hydrogens is 263 g/mol. The lowest BCUT2D eigenvalue weighted by molar-refractivity contribution is 0.604. The SMILES string of the molecule is Cc1ccc(S(=O)(=O)/C=C(\F)c2ccccc2)cc1. The Kier molecular flexibility index (Phi) is 3.81. The fraction of sp³-hybridized carbons (Fsp3) is 0.0667. The van der Waals surface area contributed by atoms with Gasteiger partial charge in [-0.3, -0.25) is 0 Å². The molecule has 2 aromatic carbocycles. The lowest BCUT2D eigenvalue weighted by Crippen LogP contribution is -1.97. The molecule has 2 rings (SSSR count). The predicted molar refractivity (Wildman–Crippen MR) is 73.9 cm³/mol. The van der Waals surface area contributed by atoms with Crippen LogP contribution in [0.2, 0.25) is 0 Å². The third-order valence-electron chi connectivity index (χ3n) is 2.66. The molecule has 2 aromatic rings. The summed E-state index contributed by atoms with van der Waals surface area (Å²) in [4.78, 5) is 0.0872. The molecule has 0 aliphatic rings. The second-order valence-electron chi connectivity index (χ2n) is 4.19. The van der Waals surface area contributed by atoms with Gasteiger partial charge in [0.25, 0.3) is 0 Å². The summed E-state index contributed by atoms with van der Waals surface area (Å²) in [5, 5.41) is 0.660. The highest BCUT2D eigenvalue weighted by Crippen LogP contribution is 2.21. The standard InChI is InChI=1S/C15H13FO2S/c1-12-7-9-14(10-8-12)19(17,18)11-15(16)13-5-3-2-4-6-13/h2-11H,1H3/b15-11-. The van der Waals surface area contributed by atoms with E-state index in [1.54, 1.807) is 30.3 Å². The fourth-order valence-corrected chi connectivity index (χ4v) is 2.66. The van der Waals surface area contributed by atoms with Crippen LogP contribution in [-0.2, 0) is 9.84 Å². The Hall–Kier alpha value is -1.94. The highest BCUT2D eigenvalue weighted by atomic mass is 32.2. The van der Waals surface area contributed by atoms with Crippen LogP contribution in [0.5, 0.6) is 0 Å². The molecule has 0 saturated heterocycles. The van der Waals surface area contributed by atoms with Crippen molar-refractivity contribution in [3.63, 3.8) is 0 Å². The van der Waals surface area contributed by atoms with Crippen LogP contribution in [0.1, 0.15) is 11.1 Å². The van der Waals surface area contributed by atoms with E-state index < -0.39 is 15.7 Å². The average Bonchev–Trinajstić information content (AvgIpc) is 2.40. The number of benzene rings is 2. The van der Waals surface area contributed by atoms with Crippen molar-refractivity contribution in [1.29, 1.82) is 0 Å². The van der Waals surface area contributed by atoms with E-state index in [0.29, 0.717) is 5.41 Å². The zero-order valence-electron chi connectivity index (χ0n) is 10.4. The van der Waals surface area contributed by atoms with Gasteiger partial charge in [-0.15, -0.1) is 0 Å². The number of halogens is 1. The van der Waals surface area contributed by atoms with E-state index >= 15 is 0 Å². The van der Waals surface area contributed by atoms with Gasteiger partial charge >= 0.3 is 0 Å². The molecule has 98 valence electrons. The Morgan fingerprint density at radius 2 is 1.58 bits per heavy atom. The molecule has 0 aliphatic heterocycles. The summed E-state index contributed by atoms with van der Waals surface area (Å²) in [7, 11) is -3.76. The Morgan fingerprint density at radius 1 is 1.00 bits per heavy atom. The van der Waals surface area contributed by atoms with E-state index in [9.17, 15) is 12.8 Å². The molecule has 0 N–H and O–H groups in total.